The number of Topliss-reactive ketones (excluding diaryl/α,β-unsaturated/α-hetero) is 1. The van der Waals surface area contributed by atoms with Crippen LogP contribution in [0.1, 0.15) is 96.0 Å². The Morgan fingerprint density at radius 2 is 1.97 bits per heavy atom. The van der Waals surface area contributed by atoms with Crippen LogP contribution in [-0.2, 0) is 16.1 Å². The maximum atomic E-state index is 13.9. The molecule has 0 saturated heterocycles. The topological polar surface area (TPSA) is 68.0 Å². The third-order valence-corrected chi connectivity index (χ3v) is 10.4. The molecule has 1 N–H and O–H groups in total. The van der Waals surface area contributed by atoms with E-state index < -0.39 is 0 Å². The molecule has 7 unspecified atom stereocenters. The van der Waals surface area contributed by atoms with Crippen molar-refractivity contribution in [1.82, 2.24) is 9.55 Å². The van der Waals surface area contributed by atoms with Gasteiger partial charge in [0.1, 0.15) is 5.82 Å². The Balaban J connectivity index is 1.47. The summed E-state index contributed by atoms with van der Waals surface area (Å²) in [6.45, 7) is 9.77. The van der Waals surface area contributed by atoms with Crippen LogP contribution >= 0.6 is 0 Å². The van der Waals surface area contributed by atoms with E-state index in [4.69, 9.17) is 10.1 Å². The number of ether oxygens (including phenoxy) is 1. The Kier molecular flexibility index (Phi) is 5.63. The van der Waals surface area contributed by atoms with E-state index in [0.717, 1.165) is 36.1 Å². The number of fused-ring (bicyclic) bond motifs is 5. The Morgan fingerprint density at radius 3 is 2.75 bits per heavy atom. The van der Waals surface area contributed by atoms with Gasteiger partial charge in [-0.3, -0.25) is 10.2 Å². The number of aromatic nitrogens is 2. The SMILES string of the molecule is CCOCc1cn(C2CC3C4CCC5CCCCC5(C)C4CCC3(C)C2=O)c(C)nc1=N. The number of carbonyl (C=O) groups excluding carboxylic acids is 1. The summed E-state index contributed by atoms with van der Waals surface area (Å²) in [5.41, 5.74) is 1.33. The molecule has 1 aromatic rings. The highest BCUT2D eigenvalue weighted by molar-refractivity contribution is 5.91. The molecule has 1 heterocycles. The van der Waals surface area contributed by atoms with Gasteiger partial charge in [0.2, 0.25) is 0 Å². The van der Waals surface area contributed by atoms with Crippen LogP contribution in [0, 0.1) is 46.8 Å². The monoisotopic (exact) mass is 439 g/mol. The van der Waals surface area contributed by atoms with Gasteiger partial charge in [-0.1, -0.05) is 26.7 Å². The highest BCUT2D eigenvalue weighted by Gasteiger charge is 2.62. The van der Waals surface area contributed by atoms with E-state index >= 15 is 0 Å². The first-order valence-electron chi connectivity index (χ1n) is 13.0. The quantitative estimate of drug-likeness (QED) is 0.687. The number of nitrogens with zero attached hydrogens (tertiary/aromatic N) is 2. The number of carbonyl (C=O) groups is 1. The van der Waals surface area contributed by atoms with Gasteiger partial charge in [0.15, 0.2) is 11.3 Å². The summed E-state index contributed by atoms with van der Waals surface area (Å²) in [5.74, 6) is 4.05. The van der Waals surface area contributed by atoms with Gasteiger partial charge in [-0.15, -0.1) is 0 Å². The van der Waals surface area contributed by atoms with E-state index in [-0.39, 0.29) is 16.9 Å². The number of hydrogen-bond acceptors (Lipinski definition) is 4. The summed E-state index contributed by atoms with van der Waals surface area (Å²) in [7, 11) is 0. The molecule has 0 aliphatic heterocycles. The number of aryl methyl sites for hydroxylation is 1. The predicted molar refractivity (Wildman–Crippen MR) is 124 cm³/mol. The lowest BCUT2D eigenvalue weighted by Crippen LogP contribution is -2.52. The lowest BCUT2D eigenvalue weighted by Gasteiger charge is -2.59. The summed E-state index contributed by atoms with van der Waals surface area (Å²) in [6.07, 6.45) is 13.5. The van der Waals surface area contributed by atoms with Crippen molar-refractivity contribution in [1.29, 1.82) is 5.41 Å². The van der Waals surface area contributed by atoms with Gasteiger partial charge in [0.25, 0.3) is 0 Å². The summed E-state index contributed by atoms with van der Waals surface area (Å²) in [5, 5.41) is 8.25. The first-order chi connectivity index (χ1) is 15.3. The molecule has 5 heteroatoms. The molecule has 5 nitrogen and oxygen atoms in total. The van der Waals surface area contributed by atoms with E-state index in [2.05, 4.69) is 23.4 Å². The number of rotatable bonds is 4. The van der Waals surface area contributed by atoms with Crippen molar-refractivity contribution in [3.05, 3.63) is 23.1 Å². The zero-order valence-corrected chi connectivity index (χ0v) is 20.5. The molecule has 176 valence electrons. The Bertz CT molecular complexity index is 955. The van der Waals surface area contributed by atoms with Gasteiger partial charge >= 0.3 is 0 Å². The predicted octanol–water partition coefficient (Wildman–Crippen LogP) is 5.36. The number of nitrogens with one attached hydrogen (secondary N) is 1. The first kappa shape index (κ1) is 22.3. The second kappa shape index (κ2) is 8.07. The van der Waals surface area contributed by atoms with Crippen LogP contribution in [0.2, 0.25) is 0 Å². The van der Waals surface area contributed by atoms with Crippen molar-refractivity contribution in [2.24, 2.45) is 34.5 Å². The molecule has 4 fully saturated rings. The Labute approximate surface area is 192 Å². The van der Waals surface area contributed by atoms with E-state index in [0.29, 0.717) is 36.2 Å². The van der Waals surface area contributed by atoms with Gasteiger partial charge < -0.3 is 9.30 Å². The minimum Gasteiger partial charge on any atom is -0.377 e. The van der Waals surface area contributed by atoms with Crippen LogP contribution < -0.4 is 5.49 Å². The van der Waals surface area contributed by atoms with Crippen LogP contribution in [0.15, 0.2) is 6.20 Å². The molecule has 0 bridgehead atoms. The molecular weight excluding hydrogens is 398 g/mol. The van der Waals surface area contributed by atoms with Gasteiger partial charge in [-0.05, 0) is 87.9 Å². The lowest BCUT2D eigenvalue weighted by molar-refractivity contribution is -0.139. The minimum absolute atomic E-state index is 0.144. The molecule has 7 atom stereocenters. The maximum absolute atomic E-state index is 13.9. The fourth-order valence-corrected chi connectivity index (χ4v) is 8.57. The van der Waals surface area contributed by atoms with Gasteiger partial charge in [0.05, 0.1) is 12.6 Å². The highest BCUT2D eigenvalue weighted by atomic mass is 16.5. The molecular formula is C27H41N3O2. The van der Waals surface area contributed by atoms with Crippen LogP contribution in [0.5, 0.6) is 0 Å². The third-order valence-electron chi connectivity index (χ3n) is 10.4. The molecule has 0 radical (unpaired) electrons. The van der Waals surface area contributed by atoms with Gasteiger partial charge in [0, 0.05) is 23.8 Å². The standard InChI is InChI=1S/C27H41N3O2/c1-5-32-16-18-15-30(17(2)29-25(18)28)23-14-22-20-10-9-19-8-6-7-12-26(19,3)21(20)11-13-27(22,4)24(23)31/h15,19-23,28H,5-14,16H2,1-4H3. The smallest absolute Gasteiger partial charge is 0.161 e. The normalized spacial score (nSPS) is 41.1. The summed E-state index contributed by atoms with van der Waals surface area (Å²) in [6, 6.07) is -0.144. The fourth-order valence-electron chi connectivity index (χ4n) is 8.57. The fraction of sp³-hybridized carbons (Fsp3) is 0.815. The van der Waals surface area contributed by atoms with E-state index in [1.165, 1.54) is 44.9 Å². The average Bonchev–Trinajstić information content (AvgIpc) is 3.04. The van der Waals surface area contributed by atoms with Crippen molar-refractivity contribution in [3.63, 3.8) is 0 Å². The summed E-state index contributed by atoms with van der Waals surface area (Å²) >= 11 is 0. The van der Waals surface area contributed by atoms with Crippen molar-refractivity contribution in [2.75, 3.05) is 6.61 Å². The first-order valence-corrected chi connectivity index (χ1v) is 13.0. The van der Waals surface area contributed by atoms with E-state index in [1.807, 2.05) is 20.0 Å². The maximum Gasteiger partial charge on any atom is 0.161 e. The van der Waals surface area contributed by atoms with Crippen molar-refractivity contribution >= 4 is 5.78 Å². The van der Waals surface area contributed by atoms with Crippen LogP contribution in [0.3, 0.4) is 0 Å². The molecule has 1 aromatic heterocycles. The van der Waals surface area contributed by atoms with Crippen molar-refractivity contribution in [3.8, 4) is 0 Å². The second-order valence-electron chi connectivity index (χ2n) is 11.7. The number of hydrogen-bond donors (Lipinski definition) is 1. The van der Waals surface area contributed by atoms with E-state index in [9.17, 15) is 4.79 Å². The zero-order valence-electron chi connectivity index (χ0n) is 20.5. The molecule has 0 aromatic carbocycles. The van der Waals surface area contributed by atoms with Crippen LogP contribution in [-0.4, -0.2) is 21.9 Å². The average molecular weight is 440 g/mol. The van der Waals surface area contributed by atoms with Crippen molar-refractivity contribution < 1.29 is 9.53 Å². The molecule has 4 saturated carbocycles. The third kappa shape index (κ3) is 3.25. The molecule has 32 heavy (non-hydrogen) atoms. The summed E-state index contributed by atoms with van der Waals surface area (Å²) in [4.78, 5) is 18.4. The van der Waals surface area contributed by atoms with Gasteiger partial charge in [-0.2, -0.15) is 0 Å². The molecule has 5 rings (SSSR count). The zero-order chi connectivity index (χ0) is 22.7. The van der Waals surface area contributed by atoms with Crippen LogP contribution in [0.4, 0.5) is 0 Å². The van der Waals surface area contributed by atoms with Gasteiger partial charge in [-0.25, -0.2) is 4.98 Å². The lowest BCUT2D eigenvalue weighted by atomic mass is 9.45. The largest absolute Gasteiger partial charge is 0.377 e. The Hall–Kier alpha value is -1.49. The molecule has 4 aliphatic carbocycles. The number of ketones is 1. The van der Waals surface area contributed by atoms with Crippen LogP contribution in [0.25, 0.3) is 0 Å². The summed E-state index contributed by atoms with van der Waals surface area (Å²) < 4.78 is 7.66. The molecule has 4 aliphatic rings. The molecule has 0 amide bonds. The Morgan fingerprint density at radius 1 is 1.16 bits per heavy atom. The highest BCUT2D eigenvalue weighted by Crippen LogP contribution is 2.66. The second-order valence-corrected chi connectivity index (χ2v) is 11.7. The molecule has 0 spiro atoms. The van der Waals surface area contributed by atoms with Crippen molar-refractivity contribution in [2.45, 2.75) is 98.1 Å². The minimum atomic E-state index is -0.206. The van der Waals surface area contributed by atoms with E-state index in [1.54, 1.807) is 0 Å².